The molecule has 1 unspecified atom stereocenters. The number of hydrogen-bond donors (Lipinski definition) is 1. The maximum atomic E-state index is 13.1. The van der Waals surface area contributed by atoms with Gasteiger partial charge in [0.15, 0.2) is 0 Å². The summed E-state index contributed by atoms with van der Waals surface area (Å²) < 4.78 is 64.7. The number of aliphatic hydroxyl groups is 1. The molecule has 2 aromatic rings. The van der Waals surface area contributed by atoms with E-state index < -0.39 is 27.7 Å². The Labute approximate surface area is 142 Å². The molecule has 0 saturated heterocycles. The van der Waals surface area contributed by atoms with Crippen LogP contribution in [0.25, 0.3) is 0 Å². The molecule has 1 atom stereocenters. The second kappa shape index (κ2) is 6.49. The molecule has 2 aromatic carbocycles. The highest BCUT2D eigenvalue weighted by Crippen LogP contribution is 2.35. The molecule has 25 heavy (non-hydrogen) atoms. The first-order chi connectivity index (χ1) is 11.5. The topological polar surface area (TPSA) is 74.7 Å². The highest BCUT2D eigenvalue weighted by Gasteiger charge is 2.59. The number of amides is 1. The summed E-state index contributed by atoms with van der Waals surface area (Å²) >= 11 is 0. The molecule has 0 aliphatic rings. The zero-order valence-electron chi connectivity index (χ0n) is 12.9. The number of carbonyl (C=O) groups excluding carboxylic acids is 1. The molecule has 1 amide bonds. The predicted molar refractivity (Wildman–Crippen MR) is 84.2 cm³/mol. The molecular weight excluding hydrogens is 359 g/mol. The third-order valence-corrected chi connectivity index (χ3v) is 5.15. The van der Waals surface area contributed by atoms with E-state index in [1.807, 2.05) is 0 Å². The molecule has 0 aliphatic carbocycles. The van der Waals surface area contributed by atoms with E-state index in [-0.39, 0.29) is 21.8 Å². The third-order valence-electron chi connectivity index (χ3n) is 3.43. The van der Waals surface area contributed by atoms with E-state index >= 15 is 0 Å². The first-order valence-corrected chi connectivity index (χ1v) is 8.42. The fraction of sp³-hybridized carbons (Fsp3) is 0.188. The molecule has 1 N–H and O–H groups in total. The summed E-state index contributed by atoms with van der Waals surface area (Å²) in [5.74, 6) is -2.02. The molecule has 9 heteroatoms. The van der Waals surface area contributed by atoms with Gasteiger partial charge in [-0.2, -0.15) is 13.2 Å². The van der Waals surface area contributed by atoms with Crippen LogP contribution < -0.4 is 4.31 Å². The normalized spacial score (nSPS) is 14.6. The fourth-order valence-electron chi connectivity index (χ4n) is 1.95. The highest BCUT2D eigenvalue weighted by atomic mass is 32.2. The average molecular weight is 373 g/mol. The Kier molecular flexibility index (Phi) is 4.92. The number of sulfonamides is 1. The predicted octanol–water partition coefficient (Wildman–Crippen LogP) is 2.72. The van der Waals surface area contributed by atoms with Gasteiger partial charge in [-0.1, -0.05) is 36.4 Å². The molecule has 0 spiro atoms. The number of hydrogen-bond acceptors (Lipinski definition) is 4. The molecule has 0 heterocycles. The summed E-state index contributed by atoms with van der Waals surface area (Å²) in [5, 5.41) is 9.68. The van der Waals surface area contributed by atoms with Gasteiger partial charge in [-0.25, -0.2) is 12.7 Å². The summed E-state index contributed by atoms with van der Waals surface area (Å²) in [7, 11) is -4.67. The maximum Gasteiger partial charge on any atom is 0.426 e. The summed E-state index contributed by atoms with van der Waals surface area (Å²) in [4.78, 5) is 12.0. The van der Waals surface area contributed by atoms with Gasteiger partial charge in [-0.15, -0.1) is 0 Å². The van der Waals surface area contributed by atoms with Crippen molar-refractivity contribution in [3.63, 3.8) is 0 Å². The van der Waals surface area contributed by atoms with Crippen molar-refractivity contribution in [3.8, 4) is 0 Å². The zero-order chi connectivity index (χ0) is 18.9. The average Bonchev–Trinajstić information content (AvgIpc) is 2.55. The number of carbonyl (C=O) groups is 1. The Bertz CT molecular complexity index is 850. The largest absolute Gasteiger partial charge is 0.426 e. The van der Waals surface area contributed by atoms with Crippen molar-refractivity contribution in [1.29, 1.82) is 0 Å². The van der Waals surface area contributed by atoms with Crippen molar-refractivity contribution < 1.29 is 31.5 Å². The van der Waals surface area contributed by atoms with E-state index in [2.05, 4.69) is 0 Å². The fourth-order valence-corrected chi connectivity index (χ4v) is 3.45. The molecule has 0 aromatic heterocycles. The van der Waals surface area contributed by atoms with Gasteiger partial charge in [0, 0.05) is 0 Å². The second-order valence-electron chi connectivity index (χ2n) is 5.29. The Hall–Kier alpha value is -2.39. The smallest absolute Gasteiger partial charge is 0.373 e. The second-order valence-corrected chi connectivity index (χ2v) is 7.08. The minimum absolute atomic E-state index is 0.0319. The number of nitrogens with zero attached hydrogens (tertiary/aromatic N) is 1. The highest BCUT2D eigenvalue weighted by molar-refractivity contribution is 7.93. The van der Waals surface area contributed by atoms with Gasteiger partial charge in [0.1, 0.15) is 0 Å². The maximum absolute atomic E-state index is 13.1. The quantitative estimate of drug-likeness (QED) is 0.894. The number of anilines is 1. The van der Waals surface area contributed by atoms with E-state index in [0.717, 1.165) is 24.3 Å². The van der Waals surface area contributed by atoms with Gasteiger partial charge in [-0.05, 0) is 31.2 Å². The van der Waals surface area contributed by atoms with E-state index in [9.17, 15) is 31.5 Å². The molecule has 0 bridgehead atoms. The molecule has 2 rings (SSSR count). The van der Waals surface area contributed by atoms with Crippen LogP contribution in [0.1, 0.15) is 6.92 Å². The zero-order valence-corrected chi connectivity index (χ0v) is 13.8. The van der Waals surface area contributed by atoms with Crippen molar-refractivity contribution >= 4 is 21.6 Å². The van der Waals surface area contributed by atoms with Crippen molar-refractivity contribution in [2.45, 2.75) is 23.6 Å². The number of benzene rings is 2. The summed E-state index contributed by atoms with van der Waals surface area (Å²) in [6, 6.07) is 13.1. The van der Waals surface area contributed by atoms with Crippen molar-refractivity contribution in [1.82, 2.24) is 0 Å². The van der Waals surface area contributed by atoms with Crippen molar-refractivity contribution in [2.24, 2.45) is 0 Å². The first-order valence-electron chi connectivity index (χ1n) is 6.98. The van der Waals surface area contributed by atoms with Gasteiger partial charge in [-0.3, -0.25) is 4.79 Å². The van der Waals surface area contributed by atoms with Crippen LogP contribution in [0.5, 0.6) is 0 Å². The third kappa shape index (κ3) is 3.52. The minimum atomic E-state index is -5.36. The molecule has 0 radical (unpaired) electrons. The Morgan fingerprint density at radius 3 is 1.84 bits per heavy atom. The number of para-hydroxylation sites is 1. The van der Waals surface area contributed by atoms with Gasteiger partial charge in [0.25, 0.3) is 15.9 Å². The van der Waals surface area contributed by atoms with E-state index in [1.165, 1.54) is 36.4 Å². The Morgan fingerprint density at radius 2 is 1.40 bits per heavy atom. The lowest BCUT2D eigenvalue weighted by atomic mass is 10.1. The van der Waals surface area contributed by atoms with Crippen LogP contribution in [-0.2, 0) is 14.8 Å². The van der Waals surface area contributed by atoms with Crippen molar-refractivity contribution in [3.05, 3.63) is 60.7 Å². The SMILES string of the molecule is CC(O)(C(=O)N(c1ccccc1)S(=O)(=O)c1ccccc1)C(F)(F)F. The first kappa shape index (κ1) is 18.9. The molecule has 0 fully saturated rings. The van der Waals surface area contributed by atoms with Crippen LogP contribution in [0, 0.1) is 0 Å². The van der Waals surface area contributed by atoms with Crippen LogP contribution >= 0.6 is 0 Å². The monoisotopic (exact) mass is 373 g/mol. The number of alkyl halides is 3. The number of rotatable bonds is 4. The van der Waals surface area contributed by atoms with Crippen LogP contribution in [-0.4, -0.2) is 31.2 Å². The molecule has 0 aliphatic heterocycles. The van der Waals surface area contributed by atoms with Gasteiger partial charge in [0.2, 0.25) is 5.60 Å². The standard InChI is InChI=1S/C16H14F3NO4S/c1-15(22,16(17,18)19)14(21)20(12-8-4-2-5-9-12)25(23,24)13-10-6-3-7-11-13/h2-11,22H,1H3. The molecule has 134 valence electrons. The van der Waals surface area contributed by atoms with Crippen molar-refractivity contribution in [2.75, 3.05) is 4.31 Å². The van der Waals surface area contributed by atoms with Gasteiger partial charge in [0.05, 0.1) is 10.6 Å². The lowest BCUT2D eigenvalue weighted by molar-refractivity contribution is -0.243. The van der Waals surface area contributed by atoms with E-state index in [4.69, 9.17) is 0 Å². The molecular formula is C16H14F3NO4S. The summed E-state index contributed by atoms with van der Waals surface area (Å²) in [6.45, 7) is 0.214. The number of halogens is 3. The summed E-state index contributed by atoms with van der Waals surface area (Å²) in [6.07, 6.45) is -5.36. The van der Waals surface area contributed by atoms with E-state index in [0.29, 0.717) is 0 Å². The van der Waals surface area contributed by atoms with Crippen LogP contribution in [0.3, 0.4) is 0 Å². The lowest BCUT2D eigenvalue weighted by Crippen LogP contribution is -2.57. The van der Waals surface area contributed by atoms with Gasteiger partial charge >= 0.3 is 6.18 Å². The minimum Gasteiger partial charge on any atom is -0.373 e. The molecule has 0 saturated carbocycles. The van der Waals surface area contributed by atoms with Crippen LogP contribution in [0.4, 0.5) is 18.9 Å². The van der Waals surface area contributed by atoms with Crippen LogP contribution in [0.15, 0.2) is 65.6 Å². The Balaban J connectivity index is 2.67. The lowest BCUT2D eigenvalue weighted by Gasteiger charge is -2.31. The Morgan fingerprint density at radius 1 is 0.960 bits per heavy atom. The molecule has 5 nitrogen and oxygen atoms in total. The van der Waals surface area contributed by atoms with Gasteiger partial charge < -0.3 is 5.11 Å². The summed E-state index contributed by atoms with van der Waals surface area (Å²) in [5.41, 5.74) is -4.20. The van der Waals surface area contributed by atoms with E-state index in [1.54, 1.807) is 0 Å². The van der Waals surface area contributed by atoms with Crippen LogP contribution in [0.2, 0.25) is 0 Å².